The van der Waals surface area contributed by atoms with Gasteiger partial charge in [0.25, 0.3) is 0 Å². The Morgan fingerprint density at radius 3 is 2.60 bits per heavy atom. The third kappa shape index (κ3) is 3.60. The van der Waals surface area contributed by atoms with Gasteiger partial charge in [-0.3, -0.25) is 0 Å². The van der Waals surface area contributed by atoms with Crippen LogP contribution in [0.25, 0.3) is 10.9 Å². The van der Waals surface area contributed by atoms with Gasteiger partial charge in [-0.1, -0.05) is 11.6 Å². The highest BCUT2D eigenvalue weighted by molar-refractivity contribution is 7.70. The molecule has 3 rings (SSSR count). The fourth-order valence-electron chi connectivity index (χ4n) is 2.47. The van der Waals surface area contributed by atoms with E-state index in [1.165, 1.54) is 25.6 Å². The van der Waals surface area contributed by atoms with Crippen molar-refractivity contribution in [3.8, 4) is 5.75 Å². The quantitative estimate of drug-likeness (QED) is 0.680. The molecule has 130 valence electrons. The Bertz CT molecular complexity index is 1010. The second-order valence-corrected chi connectivity index (χ2v) is 9.46. The molecule has 3 aromatic rings. The molecule has 2 aromatic carbocycles. The van der Waals surface area contributed by atoms with Gasteiger partial charge in [0, 0.05) is 11.1 Å². The molecule has 0 aliphatic heterocycles. The smallest absolute Gasteiger partial charge is 0.141 e. The van der Waals surface area contributed by atoms with Crippen LogP contribution in [0.2, 0.25) is 5.02 Å². The Hall–Kier alpha value is -2.17. The van der Waals surface area contributed by atoms with E-state index in [0.29, 0.717) is 33.5 Å². The lowest BCUT2D eigenvalue weighted by Gasteiger charge is -2.15. The predicted molar refractivity (Wildman–Crippen MR) is 99.9 cm³/mol. The van der Waals surface area contributed by atoms with Gasteiger partial charge in [0.2, 0.25) is 0 Å². The molecule has 1 aromatic heterocycles. The zero-order valence-electron chi connectivity index (χ0n) is 13.9. The summed E-state index contributed by atoms with van der Waals surface area (Å²) in [6.45, 7) is 3.36. The summed E-state index contributed by atoms with van der Waals surface area (Å²) in [7, 11) is -1.01. The van der Waals surface area contributed by atoms with Crippen molar-refractivity contribution in [2.24, 2.45) is 0 Å². The number of methoxy groups -OCH3 is 1. The van der Waals surface area contributed by atoms with E-state index in [2.05, 4.69) is 15.3 Å². The first-order valence-electron chi connectivity index (χ1n) is 7.40. The Labute approximate surface area is 149 Å². The number of benzene rings is 2. The van der Waals surface area contributed by atoms with Crippen LogP contribution in [0.3, 0.4) is 0 Å². The number of nitrogens with one attached hydrogen (secondary N) is 1. The number of hydrogen-bond donors (Lipinski definition) is 1. The molecule has 0 spiro atoms. The SMILES string of the molecule is COc1cc2c(Nc3ccc(F)c(Cl)c3)ncnc2cc1P(C)(C)=O. The van der Waals surface area contributed by atoms with Crippen molar-refractivity contribution >= 4 is 46.5 Å². The normalized spacial score (nSPS) is 11.6. The average Bonchev–Trinajstić information content (AvgIpc) is 2.56. The molecule has 0 saturated carbocycles. The van der Waals surface area contributed by atoms with Crippen molar-refractivity contribution < 1.29 is 13.7 Å². The van der Waals surface area contributed by atoms with E-state index in [0.717, 1.165) is 0 Å². The molecule has 0 fully saturated rings. The van der Waals surface area contributed by atoms with Gasteiger partial charge in [0.1, 0.15) is 30.9 Å². The van der Waals surface area contributed by atoms with Gasteiger partial charge in [0.05, 0.1) is 23.0 Å². The van der Waals surface area contributed by atoms with Crippen LogP contribution in [0.4, 0.5) is 15.9 Å². The molecule has 0 bridgehead atoms. The van der Waals surface area contributed by atoms with Gasteiger partial charge in [-0.15, -0.1) is 0 Å². The second kappa shape index (κ2) is 6.62. The van der Waals surface area contributed by atoms with Gasteiger partial charge in [-0.05, 0) is 43.7 Å². The summed E-state index contributed by atoms with van der Waals surface area (Å²) in [6.07, 6.45) is 1.41. The van der Waals surface area contributed by atoms with Crippen molar-refractivity contribution in [3.63, 3.8) is 0 Å². The summed E-state index contributed by atoms with van der Waals surface area (Å²) in [5.74, 6) is 0.531. The molecule has 25 heavy (non-hydrogen) atoms. The molecule has 5 nitrogen and oxygen atoms in total. The van der Waals surface area contributed by atoms with Crippen molar-refractivity contribution in [2.75, 3.05) is 25.8 Å². The monoisotopic (exact) mass is 379 g/mol. The number of hydrogen-bond acceptors (Lipinski definition) is 5. The van der Waals surface area contributed by atoms with Gasteiger partial charge < -0.3 is 14.6 Å². The van der Waals surface area contributed by atoms with Crippen molar-refractivity contribution in [1.29, 1.82) is 0 Å². The maximum absolute atomic E-state index is 13.3. The molecule has 0 aliphatic rings. The zero-order valence-corrected chi connectivity index (χ0v) is 15.5. The first-order chi connectivity index (χ1) is 11.8. The average molecular weight is 380 g/mol. The molecule has 1 heterocycles. The number of fused-ring (bicyclic) bond motifs is 1. The van der Waals surface area contributed by atoms with Crippen LogP contribution in [0, 0.1) is 5.82 Å². The summed E-state index contributed by atoms with van der Waals surface area (Å²) in [5.41, 5.74) is 1.22. The lowest BCUT2D eigenvalue weighted by atomic mass is 10.2. The number of aromatic nitrogens is 2. The van der Waals surface area contributed by atoms with E-state index in [9.17, 15) is 8.96 Å². The number of ether oxygens (including phenoxy) is 1. The van der Waals surface area contributed by atoms with E-state index in [4.69, 9.17) is 16.3 Å². The maximum Gasteiger partial charge on any atom is 0.141 e. The Morgan fingerprint density at radius 1 is 1.20 bits per heavy atom. The molecular weight excluding hydrogens is 364 g/mol. The van der Waals surface area contributed by atoms with Crippen LogP contribution in [-0.2, 0) is 4.57 Å². The summed E-state index contributed by atoms with van der Waals surface area (Å²) < 4.78 is 31.2. The van der Waals surface area contributed by atoms with E-state index < -0.39 is 13.0 Å². The third-order valence-corrected chi connectivity index (χ3v) is 5.50. The molecule has 0 saturated heterocycles. The number of rotatable bonds is 4. The van der Waals surface area contributed by atoms with Gasteiger partial charge in [-0.2, -0.15) is 0 Å². The van der Waals surface area contributed by atoms with E-state index >= 15 is 0 Å². The topological polar surface area (TPSA) is 64.1 Å². The molecule has 0 amide bonds. The number of anilines is 2. The van der Waals surface area contributed by atoms with Crippen LogP contribution < -0.4 is 15.4 Å². The summed E-state index contributed by atoms with van der Waals surface area (Å²) in [5, 5.41) is 4.43. The summed E-state index contributed by atoms with van der Waals surface area (Å²) >= 11 is 5.82. The highest BCUT2D eigenvalue weighted by atomic mass is 35.5. The standard InChI is InChI=1S/C17H16ClFN3O2P/c1-24-15-7-11-14(8-16(15)25(2,3)23)20-9-21-17(11)22-10-4-5-13(19)12(18)6-10/h4-9H,1-3H3,(H,20,21,22). The Morgan fingerprint density at radius 2 is 1.96 bits per heavy atom. The van der Waals surface area contributed by atoms with E-state index in [-0.39, 0.29) is 5.02 Å². The molecule has 8 heteroatoms. The fraction of sp³-hybridized carbons (Fsp3) is 0.176. The number of halogens is 2. The largest absolute Gasteiger partial charge is 0.496 e. The van der Waals surface area contributed by atoms with Crippen LogP contribution in [0.15, 0.2) is 36.7 Å². The lowest BCUT2D eigenvalue weighted by molar-refractivity contribution is 0.418. The fourth-order valence-corrected chi connectivity index (χ4v) is 3.77. The highest BCUT2D eigenvalue weighted by Crippen LogP contribution is 2.40. The van der Waals surface area contributed by atoms with Crippen LogP contribution in [-0.4, -0.2) is 30.4 Å². The van der Waals surface area contributed by atoms with Crippen molar-refractivity contribution in [1.82, 2.24) is 9.97 Å². The van der Waals surface area contributed by atoms with Crippen LogP contribution in [0.5, 0.6) is 5.75 Å². The summed E-state index contributed by atoms with van der Waals surface area (Å²) in [6, 6.07) is 7.81. The van der Waals surface area contributed by atoms with Crippen LogP contribution in [0.1, 0.15) is 0 Å². The minimum atomic E-state index is -2.54. The minimum Gasteiger partial charge on any atom is -0.496 e. The van der Waals surface area contributed by atoms with Crippen molar-refractivity contribution in [2.45, 2.75) is 0 Å². The first kappa shape index (κ1) is 17.6. The van der Waals surface area contributed by atoms with Crippen LogP contribution >= 0.6 is 18.7 Å². The van der Waals surface area contributed by atoms with Crippen molar-refractivity contribution in [3.05, 3.63) is 47.5 Å². The molecule has 1 N–H and O–H groups in total. The van der Waals surface area contributed by atoms with Gasteiger partial charge in [-0.25, -0.2) is 14.4 Å². The van der Waals surface area contributed by atoms with E-state index in [1.807, 2.05) is 0 Å². The third-order valence-electron chi connectivity index (χ3n) is 3.70. The molecule has 0 radical (unpaired) electrons. The van der Waals surface area contributed by atoms with Gasteiger partial charge in [0.15, 0.2) is 0 Å². The first-order valence-corrected chi connectivity index (χ1v) is 10.4. The zero-order chi connectivity index (χ0) is 18.2. The molecule has 0 aliphatic carbocycles. The summed E-state index contributed by atoms with van der Waals surface area (Å²) in [4.78, 5) is 8.49. The predicted octanol–water partition coefficient (Wildman–Crippen LogP) is 4.42. The Balaban J connectivity index is 2.13. The lowest BCUT2D eigenvalue weighted by Crippen LogP contribution is -2.09. The highest BCUT2D eigenvalue weighted by Gasteiger charge is 2.19. The van der Waals surface area contributed by atoms with E-state index in [1.54, 1.807) is 31.5 Å². The molecule has 0 unspecified atom stereocenters. The maximum atomic E-state index is 13.3. The molecule has 0 atom stereocenters. The Kier molecular flexibility index (Phi) is 4.67. The number of nitrogens with zero attached hydrogens (tertiary/aromatic N) is 2. The second-order valence-electron chi connectivity index (χ2n) is 5.87. The van der Waals surface area contributed by atoms with Gasteiger partial charge >= 0.3 is 0 Å². The molecular formula is C17H16ClFN3O2P. The minimum absolute atomic E-state index is 0.0149.